The summed E-state index contributed by atoms with van der Waals surface area (Å²) in [4.78, 5) is 4.08. The van der Waals surface area contributed by atoms with Crippen LogP contribution in [0.25, 0.3) is 0 Å². The number of nitrogens with two attached hydrogens (primary N) is 1. The lowest BCUT2D eigenvalue weighted by Crippen LogP contribution is -2.01. The van der Waals surface area contributed by atoms with Crippen LogP contribution in [0.3, 0.4) is 0 Å². The molecule has 0 spiro atoms. The Labute approximate surface area is 78.9 Å². The number of hydrogen-bond acceptors (Lipinski definition) is 2. The van der Waals surface area contributed by atoms with E-state index < -0.39 is 0 Å². The molecule has 1 aromatic heterocycles. The predicted octanol–water partition coefficient (Wildman–Crippen LogP) is 2.26. The van der Waals surface area contributed by atoms with E-state index in [9.17, 15) is 0 Å². The van der Waals surface area contributed by atoms with Crippen molar-refractivity contribution >= 4 is 27.5 Å². The van der Waals surface area contributed by atoms with Gasteiger partial charge in [0.05, 0.1) is 5.69 Å². The third kappa shape index (κ3) is 1.92. The summed E-state index contributed by atoms with van der Waals surface area (Å²) in [5.41, 5.74) is 7.17. The lowest BCUT2D eigenvalue weighted by atomic mass is 10.3. The first-order chi connectivity index (χ1) is 5.15. The van der Waals surface area contributed by atoms with E-state index in [0.29, 0.717) is 11.7 Å². The van der Waals surface area contributed by atoms with Gasteiger partial charge in [-0.1, -0.05) is 11.6 Å². The maximum absolute atomic E-state index is 5.78. The molecule has 1 rings (SSSR count). The third-order valence-electron chi connectivity index (χ3n) is 1.37. The molecule has 0 aliphatic rings. The minimum absolute atomic E-state index is 0.403. The van der Waals surface area contributed by atoms with Crippen LogP contribution >= 0.6 is 27.5 Å². The number of pyridine rings is 1. The topological polar surface area (TPSA) is 38.9 Å². The molecular formula is C7H8BrClN2. The Bertz CT molecular complexity index is 275. The highest BCUT2D eigenvalue weighted by molar-refractivity contribution is 9.10. The summed E-state index contributed by atoms with van der Waals surface area (Å²) >= 11 is 9.12. The maximum atomic E-state index is 5.78. The van der Waals surface area contributed by atoms with Crippen molar-refractivity contribution in [3.05, 3.63) is 26.9 Å². The molecule has 1 heterocycles. The van der Waals surface area contributed by atoms with E-state index in [1.807, 2.05) is 13.0 Å². The minimum Gasteiger partial charge on any atom is -0.325 e. The monoisotopic (exact) mass is 234 g/mol. The molecule has 1 aromatic rings. The smallest absolute Gasteiger partial charge is 0.132 e. The van der Waals surface area contributed by atoms with Crippen molar-refractivity contribution in [2.45, 2.75) is 13.5 Å². The van der Waals surface area contributed by atoms with Gasteiger partial charge in [0.25, 0.3) is 0 Å². The average Bonchev–Trinajstić information content (AvgIpc) is 1.97. The van der Waals surface area contributed by atoms with Gasteiger partial charge in [0.2, 0.25) is 0 Å². The first-order valence-electron chi connectivity index (χ1n) is 3.16. The van der Waals surface area contributed by atoms with E-state index in [2.05, 4.69) is 20.9 Å². The van der Waals surface area contributed by atoms with Crippen molar-refractivity contribution in [2.24, 2.45) is 5.73 Å². The molecule has 0 saturated heterocycles. The largest absolute Gasteiger partial charge is 0.325 e. The molecule has 0 radical (unpaired) electrons. The minimum atomic E-state index is 0.403. The van der Waals surface area contributed by atoms with Gasteiger partial charge < -0.3 is 5.73 Å². The number of halogens is 2. The number of hydrogen-bond donors (Lipinski definition) is 1. The van der Waals surface area contributed by atoms with E-state index in [4.69, 9.17) is 17.3 Å². The van der Waals surface area contributed by atoms with Gasteiger partial charge in [0.1, 0.15) is 5.15 Å². The van der Waals surface area contributed by atoms with Crippen LogP contribution in [0.2, 0.25) is 5.15 Å². The highest BCUT2D eigenvalue weighted by Crippen LogP contribution is 2.20. The van der Waals surface area contributed by atoms with Crippen molar-refractivity contribution in [1.29, 1.82) is 0 Å². The predicted molar refractivity (Wildman–Crippen MR) is 49.6 cm³/mol. The summed E-state index contributed by atoms with van der Waals surface area (Å²) in [6.07, 6.45) is 0. The molecule has 0 amide bonds. The Hall–Kier alpha value is -0.120. The summed E-state index contributed by atoms with van der Waals surface area (Å²) in [6, 6.07) is 1.91. The lowest BCUT2D eigenvalue weighted by Gasteiger charge is -2.02. The van der Waals surface area contributed by atoms with Gasteiger partial charge in [0.15, 0.2) is 0 Å². The van der Waals surface area contributed by atoms with Crippen LogP contribution in [0.1, 0.15) is 11.3 Å². The summed E-state index contributed by atoms with van der Waals surface area (Å²) < 4.78 is 0.918. The van der Waals surface area contributed by atoms with Gasteiger partial charge in [-0.25, -0.2) is 4.98 Å². The molecule has 4 heteroatoms. The van der Waals surface area contributed by atoms with Crippen molar-refractivity contribution in [2.75, 3.05) is 0 Å². The van der Waals surface area contributed by atoms with Gasteiger partial charge in [-0.2, -0.15) is 0 Å². The van der Waals surface area contributed by atoms with Crippen LogP contribution < -0.4 is 5.73 Å². The van der Waals surface area contributed by atoms with Crippen LogP contribution in [0.15, 0.2) is 10.5 Å². The van der Waals surface area contributed by atoms with E-state index in [1.165, 1.54) is 0 Å². The highest BCUT2D eigenvalue weighted by atomic mass is 79.9. The third-order valence-corrected chi connectivity index (χ3v) is 2.44. The fourth-order valence-corrected chi connectivity index (χ4v) is 1.49. The number of rotatable bonds is 1. The molecule has 60 valence electrons. The molecule has 0 bridgehead atoms. The zero-order chi connectivity index (χ0) is 8.43. The van der Waals surface area contributed by atoms with Crippen LogP contribution in [0.5, 0.6) is 0 Å². The SMILES string of the molecule is Cc1cc(Br)c(CN)nc1Cl. The second kappa shape index (κ2) is 3.52. The van der Waals surface area contributed by atoms with Gasteiger partial charge in [-0.15, -0.1) is 0 Å². The first kappa shape index (κ1) is 8.97. The molecule has 0 aliphatic heterocycles. The molecule has 2 nitrogen and oxygen atoms in total. The van der Waals surface area contributed by atoms with Gasteiger partial charge in [-0.3, -0.25) is 0 Å². The van der Waals surface area contributed by atoms with E-state index in [1.54, 1.807) is 0 Å². The molecule has 0 aliphatic carbocycles. The standard InChI is InChI=1S/C7H8BrClN2/c1-4-2-5(8)6(3-10)11-7(4)9/h2H,3,10H2,1H3. The summed E-state index contributed by atoms with van der Waals surface area (Å²) in [5.74, 6) is 0. The van der Waals surface area contributed by atoms with E-state index >= 15 is 0 Å². The fraction of sp³-hybridized carbons (Fsp3) is 0.286. The van der Waals surface area contributed by atoms with E-state index in [0.717, 1.165) is 15.7 Å². The Kier molecular flexibility index (Phi) is 2.87. The zero-order valence-electron chi connectivity index (χ0n) is 6.06. The van der Waals surface area contributed by atoms with Crippen molar-refractivity contribution in [3.8, 4) is 0 Å². The molecular weight excluding hydrogens is 227 g/mol. The quantitative estimate of drug-likeness (QED) is 0.759. The summed E-state index contributed by atoms with van der Waals surface area (Å²) in [7, 11) is 0. The summed E-state index contributed by atoms with van der Waals surface area (Å²) in [6.45, 7) is 2.31. The van der Waals surface area contributed by atoms with Gasteiger partial charge >= 0.3 is 0 Å². The average molecular weight is 236 g/mol. The van der Waals surface area contributed by atoms with E-state index in [-0.39, 0.29) is 0 Å². The number of nitrogens with zero attached hydrogens (tertiary/aromatic N) is 1. The fourth-order valence-electron chi connectivity index (χ4n) is 0.736. The van der Waals surface area contributed by atoms with Crippen LogP contribution in [0.4, 0.5) is 0 Å². The first-order valence-corrected chi connectivity index (χ1v) is 4.34. The summed E-state index contributed by atoms with van der Waals surface area (Å²) in [5, 5.41) is 0.522. The molecule has 11 heavy (non-hydrogen) atoms. The Balaban J connectivity index is 3.21. The van der Waals surface area contributed by atoms with Crippen LogP contribution in [-0.2, 0) is 6.54 Å². The second-order valence-electron chi connectivity index (χ2n) is 2.23. The Morgan fingerprint density at radius 1 is 1.73 bits per heavy atom. The van der Waals surface area contributed by atoms with Crippen LogP contribution in [-0.4, -0.2) is 4.98 Å². The molecule has 0 aromatic carbocycles. The molecule has 0 saturated carbocycles. The number of aromatic nitrogens is 1. The highest BCUT2D eigenvalue weighted by Gasteiger charge is 2.03. The van der Waals surface area contributed by atoms with Crippen LogP contribution in [0, 0.1) is 6.92 Å². The molecule has 2 N–H and O–H groups in total. The molecule has 0 unspecified atom stereocenters. The molecule has 0 atom stereocenters. The maximum Gasteiger partial charge on any atom is 0.132 e. The van der Waals surface area contributed by atoms with Crippen molar-refractivity contribution < 1.29 is 0 Å². The second-order valence-corrected chi connectivity index (χ2v) is 3.44. The normalized spacial score (nSPS) is 10.2. The van der Waals surface area contributed by atoms with Gasteiger partial charge in [-0.05, 0) is 34.5 Å². The van der Waals surface area contributed by atoms with Gasteiger partial charge in [0, 0.05) is 11.0 Å². The molecule has 0 fully saturated rings. The Morgan fingerprint density at radius 3 is 2.91 bits per heavy atom. The Morgan fingerprint density at radius 2 is 2.36 bits per heavy atom. The van der Waals surface area contributed by atoms with Crippen molar-refractivity contribution in [3.63, 3.8) is 0 Å². The van der Waals surface area contributed by atoms with Crippen molar-refractivity contribution in [1.82, 2.24) is 4.98 Å². The lowest BCUT2D eigenvalue weighted by molar-refractivity contribution is 0.973. The zero-order valence-corrected chi connectivity index (χ0v) is 8.41. The number of aryl methyl sites for hydroxylation is 1.